The van der Waals surface area contributed by atoms with Crippen LogP contribution in [0.5, 0.6) is 0 Å². The predicted molar refractivity (Wildman–Crippen MR) is 188 cm³/mol. The van der Waals surface area contributed by atoms with Crippen molar-refractivity contribution >= 4 is 22.9 Å². The van der Waals surface area contributed by atoms with E-state index in [-0.39, 0.29) is 28.9 Å². The van der Waals surface area contributed by atoms with Crippen LogP contribution in [0.1, 0.15) is 91.8 Å². The summed E-state index contributed by atoms with van der Waals surface area (Å²) in [5, 5.41) is 18.5. The molecule has 2 aromatic carbocycles. The third kappa shape index (κ3) is 5.36. The highest BCUT2D eigenvalue weighted by atomic mass is 19.1. The summed E-state index contributed by atoms with van der Waals surface area (Å²) < 4.78 is 25.3. The molecule has 1 saturated heterocycles. The monoisotopic (exact) mass is 695 g/mol. The standard InChI is InChI=1S/C38H42FN7O5/c1-21-16-27(7-8-28(21)39)46-33(44-14-12-40-35(44)48)32-23(3)43(13-10-29(32)42-46)34(47)31-18-26-17-24(25-11-15-51-37(4,5)20-25)6-9-30(26)45(31)38(19-22(38)2)41-36(49)50/h6-9,12,14,16-18,22-23,25,41H,10-11,13,15,19-20H2,1-5H3,(H,40,48)(H,49,50)/t22-,23-,25-,38?/m0/s1. The van der Waals surface area contributed by atoms with E-state index in [1.807, 2.05) is 30.5 Å². The van der Waals surface area contributed by atoms with Crippen LogP contribution in [0.4, 0.5) is 9.18 Å². The lowest BCUT2D eigenvalue weighted by Crippen LogP contribution is -2.44. The summed E-state index contributed by atoms with van der Waals surface area (Å²) >= 11 is 0. The van der Waals surface area contributed by atoms with Crippen LogP contribution in [0, 0.1) is 18.7 Å². The summed E-state index contributed by atoms with van der Waals surface area (Å²) in [7, 11) is 0. The Balaban J connectivity index is 1.24. The molecule has 2 fully saturated rings. The van der Waals surface area contributed by atoms with Gasteiger partial charge in [0.25, 0.3) is 5.91 Å². The fourth-order valence-corrected chi connectivity index (χ4v) is 8.46. The van der Waals surface area contributed by atoms with Crippen molar-refractivity contribution in [2.75, 3.05) is 13.2 Å². The Morgan fingerprint density at radius 3 is 2.57 bits per heavy atom. The maximum Gasteiger partial charge on any atom is 0.406 e. The third-order valence-corrected chi connectivity index (χ3v) is 11.2. The summed E-state index contributed by atoms with van der Waals surface area (Å²) in [4.78, 5) is 44.7. The minimum Gasteiger partial charge on any atom is -0.465 e. The van der Waals surface area contributed by atoms with Gasteiger partial charge >= 0.3 is 11.8 Å². The van der Waals surface area contributed by atoms with Crippen LogP contribution >= 0.6 is 0 Å². The highest BCUT2D eigenvalue weighted by Gasteiger charge is 2.56. The number of carboxylic acid groups (broad SMARTS) is 1. The number of carbonyl (C=O) groups excluding carboxylic acids is 1. The van der Waals surface area contributed by atoms with Crippen molar-refractivity contribution in [2.24, 2.45) is 5.92 Å². The Bertz CT molecular complexity index is 2280. The molecule has 2 aliphatic heterocycles. The largest absolute Gasteiger partial charge is 0.465 e. The number of aromatic amines is 1. The number of H-pyrrole nitrogens is 1. The molecule has 5 aromatic rings. The Labute approximate surface area is 293 Å². The van der Waals surface area contributed by atoms with Gasteiger partial charge in [-0.15, -0.1) is 0 Å². The number of fused-ring (bicyclic) bond motifs is 2. The van der Waals surface area contributed by atoms with Crippen LogP contribution in [0.15, 0.2) is 59.7 Å². The molecule has 266 valence electrons. The second-order valence-corrected chi connectivity index (χ2v) is 15.0. The Morgan fingerprint density at radius 1 is 1.12 bits per heavy atom. The minimum atomic E-state index is -1.15. The van der Waals surface area contributed by atoms with E-state index in [4.69, 9.17) is 9.84 Å². The van der Waals surface area contributed by atoms with Crippen molar-refractivity contribution in [3.8, 4) is 11.5 Å². The van der Waals surface area contributed by atoms with Crippen LogP contribution in [0.2, 0.25) is 0 Å². The van der Waals surface area contributed by atoms with Gasteiger partial charge in [0.05, 0.1) is 28.5 Å². The number of ether oxygens (including phenoxy) is 1. The van der Waals surface area contributed by atoms with Crippen molar-refractivity contribution in [3.63, 3.8) is 0 Å². The van der Waals surface area contributed by atoms with Gasteiger partial charge in [0.2, 0.25) is 0 Å². The van der Waals surface area contributed by atoms with Gasteiger partial charge in [-0.25, -0.2) is 18.7 Å². The number of halogens is 1. The lowest BCUT2D eigenvalue weighted by atomic mass is 9.83. The molecule has 0 spiro atoms. The molecule has 3 aliphatic rings. The average molecular weight is 696 g/mol. The van der Waals surface area contributed by atoms with Crippen LogP contribution in [0.25, 0.3) is 22.4 Å². The highest BCUT2D eigenvalue weighted by Crippen LogP contribution is 2.51. The molecule has 5 heterocycles. The topological polar surface area (TPSA) is 139 Å². The minimum absolute atomic E-state index is 0.0402. The molecule has 1 aliphatic carbocycles. The zero-order valence-electron chi connectivity index (χ0n) is 29.4. The Hall–Kier alpha value is -5.17. The van der Waals surface area contributed by atoms with Gasteiger partial charge in [0.15, 0.2) is 0 Å². The molecule has 0 radical (unpaired) electrons. The van der Waals surface area contributed by atoms with Crippen molar-refractivity contribution in [1.29, 1.82) is 0 Å². The molecule has 0 bridgehead atoms. The van der Waals surface area contributed by atoms with Crippen molar-refractivity contribution in [2.45, 2.75) is 83.5 Å². The first-order chi connectivity index (χ1) is 24.3. The normalized spacial score (nSPS) is 24.0. The van der Waals surface area contributed by atoms with Crippen LogP contribution in [-0.4, -0.2) is 64.7 Å². The van der Waals surface area contributed by atoms with Gasteiger partial charge in [0.1, 0.15) is 23.0 Å². The molecule has 13 heteroatoms. The van der Waals surface area contributed by atoms with Crippen LogP contribution < -0.4 is 11.0 Å². The number of rotatable bonds is 6. The van der Waals surface area contributed by atoms with E-state index in [0.29, 0.717) is 60.2 Å². The molecule has 8 rings (SSSR count). The molecule has 3 aromatic heterocycles. The van der Waals surface area contributed by atoms with Crippen LogP contribution in [-0.2, 0) is 16.8 Å². The molecule has 1 unspecified atom stereocenters. The van der Waals surface area contributed by atoms with E-state index < -0.39 is 17.8 Å². The fourth-order valence-electron chi connectivity index (χ4n) is 8.46. The maximum atomic E-state index is 14.9. The van der Waals surface area contributed by atoms with Gasteiger partial charge in [-0.1, -0.05) is 13.0 Å². The second kappa shape index (κ2) is 11.7. The third-order valence-electron chi connectivity index (χ3n) is 11.2. The van der Waals surface area contributed by atoms with E-state index in [1.54, 1.807) is 34.8 Å². The van der Waals surface area contributed by atoms with Crippen molar-refractivity contribution in [1.82, 2.24) is 34.1 Å². The van der Waals surface area contributed by atoms with E-state index in [9.17, 15) is 23.9 Å². The first-order valence-electron chi connectivity index (χ1n) is 17.5. The number of nitrogens with zero attached hydrogens (tertiary/aromatic N) is 5. The average Bonchev–Trinajstić information content (AvgIpc) is 3.44. The summed E-state index contributed by atoms with van der Waals surface area (Å²) in [5.74, 6) is 0.129. The first-order valence-corrected chi connectivity index (χ1v) is 17.5. The molecular formula is C38H42FN7O5. The molecular weight excluding hydrogens is 653 g/mol. The van der Waals surface area contributed by atoms with E-state index in [2.05, 4.69) is 36.3 Å². The Kier molecular flexibility index (Phi) is 7.56. The number of hydrogen-bond donors (Lipinski definition) is 3. The summed E-state index contributed by atoms with van der Waals surface area (Å²) in [6, 6.07) is 12.3. The summed E-state index contributed by atoms with van der Waals surface area (Å²) in [6.45, 7) is 10.8. The molecule has 51 heavy (non-hydrogen) atoms. The second-order valence-electron chi connectivity index (χ2n) is 15.0. The number of nitrogens with one attached hydrogen (secondary N) is 2. The summed E-state index contributed by atoms with van der Waals surface area (Å²) in [6.07, 6.45) is 4.74. The van der Waals surface area contributed by atoms with Crippen molar-refractivity contribution in [3.05, 3.63) is 99.2 Å². The SMILES string of the molecule is Cc1cc(-n2nc3c(c2-n2cc[nH]c2=O)[C@H](C)N(C(=O)c2cc4cc([C@H]5CCOC(C)(C)C5)ccc4n2C2(NC(=O)O)C[C@@H]2C)CC3)ccc1F. The van der Waals surface area contributed by atoms with Gasteiger partial charge < -0.3 is 24.3 Å². The predicted octanol–water partition coefficient (Wildman–Crippen LogP) is 6.15. The lowest BCUT2D eigenvalue weighted by Gasteiger charge is -2.35. The quantitative estimate of drug-likeness (QED) is 0.195. The lowest BCUT2D eigenvalue weighted by molar-refractivity contribution is -0.0592. The maximum absolute atomic E-state index is 14.9. The molecule has 4 atom stereocenters. The molecule has 1 saturated carbocycles. The van der Waals surface area contributed by atoms with Crippen LogP contribution in [0.3, 0.4) is 0 Å². The molecule has 2 amide bonds. The summed E-state index contributed by atoms with van der Waals surface area (Å²) in [5.41, 5.74) is 3.24. The van der Waals surface area contributed by atoms with Gasteiger partial charge in [-0.3, -0.25) is 14.7 Å². The van der Waals surface area contributed by atoms with Gasteiger partial charge in [0, 0.05) is 48.8 Å². The zero-order valence-corrected chi connectivity index (χ0v) is 29.4. The van der Waals surface area contributed by atoms with E-state index >= 15 is 0 Å². The van der Waals surface area contributed by atoms with E-state index in [0.717, 1.165) is 29.4 Å². The molecule has 3 N–H and O–H groups in total. The van der Waals surface area contributed by atoms with Gasteiger partial charge in [-0.2, -0.15) is 5.10 Å². The number of imidazole rings is 1. The fraction of sp³-hybridized carbons (Fsp3) is 0.421. The number of benzene rings is 2. The highest BCUT2D eigenvalue weighted by molar-refractivity contribution is 6.00. The van der Waals surface area contributed by atoms with Gasteiger partial charge in [-0.05, 0) is 100 Å². The first kappa shape index (κ1) is 33.0. The van der Waals surface area contributed by atoms with Crippen molar-refractivity contribution < 1.29 is 23.8 Å². The Morgan fingerprint density at radius 2 is 1.90 bits per heavy atom. The van der Waals surface area contributed by atoms with E-state index in [1.165, 1.54) is 22.4 Å². The number of hydrogen-bond acceptors (Lipinski definition) is 5. The smallest absolute Gasteiger partial charge is 0.406 e. The zero-order chi connectivity index (χ0) is 36.0. The number of carbonyl (C=O) groups is 2. The number of aryl methyl sites for hydroxylation is 1. The number of aromatic nitrogens is 5. The molecule has 12 nitrogen and oxygen atoms in total. The number of amides is 2.